The summed E-state index contributed by atoms with van der Waals surface area (Å²) in [6.07, 6.45) is 0. The van der Waals surface area contributed by atoms with Crippen molar-refractivity contribution in [2.75, 3.05) is 0 Å². The number of aryl methyl sites for hydroxylation is 1. The molecular weight excluding hydrogens is 396 g/mol. The van der Waals surface area contributed by atoms with Gasteiger partial charge in [-0.15, -0.1) is 0 Å². The minimum absolute atomic E-state index is 0.0494. The van der Waals surface area contributed by atoms with Crippen LogP contribution in [0, 0.1) is 6.92 Å². The summed E-state index contributed by atoms with van der Waals surface area (Å²) in [6, 6.07) is 25.2. The highest BCUT2D eigenvalue weighted by atomic mass is 32.2. The first-order valence-corrected chi connectivity index (χ1v) is 11.1. The molecular formula is C24H22N2O3S. The van der Waals surface area contributed by atoms with Crippen LogP contribution in [0.1, 0.15) is 34.6 Å². The lowest BCUT2D eigenvalue weighted by Crippen LogP contribution is -2.32. The molecule has 3 aromatic carbocycles. The van der Waals surface area contributed by atoms with Gasteiger partial charge < -0.3 is 4.57 Å². The van der Waals surface area contributed by atoms with Gasteiger partial charge in [0.15, 0.2) is 0 Å². The first-order chi connectivity index (χ1) is 14.4. The van der Waals surface area contributed by atoms with Crippen LogP contribution in [0.25, 0.3) is 10.9 Å². The Kier molecular flexibility index (Phi) is 5.18. The molecule has 1 atom stereocenters. The average Bonchev–Trinajstić information content (AvgIpc) is 3.15. The van der Waals surface area contributed by atoms with Crippen LogP contribution in [0.2, 0.25) is 0 Å². The zero-order chi connectivity index (χ0) is 21.3. The maximum Gasteiger partial charge on any atom is 0.281 e. The number of aromatic nitrogens is 1. The van der Waals surface area contributed by atoms with Crippen molar-refractivity contribution in [3.8, 4) is 0 Å². The Morgan fingerprint density at radius 1 is 0.900 bits per heavy atom. The lowest BCUT2D eigenvalue weighted by molar-refractivity contribution is 0.0972. The van der Waals surface area contributed by atoms with Crippen LogP contribution in [-0.4, -0.2) is 18.9 Å². The Balaban J connectivity index is 1.82. The highest BCUT2D eigenvalue weighted by Crippen LogP contribution is 2.30. The minimum Gasteiger partial charge on any atom is -0.329 e. The van der Waals surface area contributed by atoms with E-state index in [4.69, 9.17) is 0 Å². The number of nitrogens with zero attached hydrogens (tertiary/aromatic N) is 1. The number of nitrogens with one attached hydrogen (secondary N) is 1. The van der Waals surface area contributed by atoms with Crippen molar-refractivity contribution in [1.82, 2.24) is 9.29 Å². The van der Waals surface area contributed by atoms with Gasteiger partial charge in [-0.05, 0) is 49.2 Å². The first-order valence-electron chi connectivity index (χ1n) is 9.66. The van der Waals surface area contributed by atoms with Gasteiger partial charge in [-0.3, -0.25) is 4.79 Å². The molecule has 0 saturated carbocycles. The number of fused-ring (bicyclic) bond motifs is 1. The molecule has 0 aliphatic carbocycles. The predicted octanol–water partition coefficient (Wildman–Crippen LogP) is 4.68. The lowest BCUT2D eigenvalue weighted by atomic mass is 10.1. The maximum absolute atomic E-state index is 13.2. The first kappa shape index (κ1) is 19.9. The molecule has 0 aliphatic rings. The van der Waals surface area contributed by atoms with Gasteiger partial charge in [-0.2, -0.15) is 0 Å². The van der Waals surface area contributed by atoms with Crippen molar-refractivity contribution in [2.45, 2.75) is 24.8 Å². The molecule has 1 amide bonds. The Bertz CT molecular complexity index is 1310. The van der Waals surface area contributed by atoms with Crippen LogP contribution in [0.3, 0.4) is 0 Å². The van der Waals surface area contributed by atoms with Gasteiger partial charge in [0.2, 0.25) is 0 Å². The minimum atomic E-state index is -3.98. The highest BCUT2D eigenvalue weighted by Gasteiger charge is 2.25. The Morgan fingerprint density at radius 3 is 2.20 bits per heavy atom. The summed E-state index contributed by atoms with van der Waals surface area (Å²) in [4.78, 5) is 13.2. The van der Waals surface area contributed by atoms with Crippen molar-refractivity contribution in [3.05, 3.63) is 102 Å². The molecule has 6 heteroatoms. The fourth-order valence-electron chi connectivity index (χ4n) is 3.70. The Morgan fingerprint density at radius 2 is 1.53 bits per heavy atom. The van der Waals surface area contributed by atoms with E-state index in [0.717, 1.165) is 22.0 Å². The molecule has 4 rings (SSSR count). The molecule has 0 fully saturated rings. The van der Waals surface area contributed by atoms with Gasteiger partial charge in [0.05, 0.1) is 10.9 Å². The van der Waals surface area contributed by atoms with Crippen LogP contribution < -0.4 is 4.72 Å². The molecule has 1 heterocycles. The average molecular weight is 419 g/mol. The van der Waals surface area contributed by atoms with Gasteiger partial charge >= 0.3 is 0 Å². The summed E-state index contributed by atoms with van der Waals surface area (Å²) in [5, 5.41) is 0.919. The largest absolute Gasteiger partial charge is 0.329 e. The van der Waals surface area contributed by atoms with Crippen LogP contribution >= 0.6 is 0 Å². The fraction of sp³-hybridized carbons (Fsp3) is 0.125. The van der Waals surface area contributed by atoms with E-state index in [2.05, 4.69) is 4.72 Å². The molecule has 1 aromatic heterocycles. The molecule has 0 saturated heterocycles. The van der Waals surface area contributed by atoms with E-state index in [0.29, 0.717) is 5.69 Å². The summed E-state index contributed by atoms with van der Waals surface area (Å²) < 4.78 is 29.5. The van der Waals surface area contributed by atoms with E-state index in [1.807, 2.05) is 66.9 Å². The summed E-state index contributed by atoms with van der Waals surface area (Å²) in [5.41, 5.74) is 3.23. The molecule has 152 valence electrons. The zero-order valence-corrected chi connectivity index (χ0v) is 17.6. The molecule has 1 unspecified atom stereocenters. The summed E-state index contributed by atoms with van der Waals surface area (Å²) in [7, 11) is -3.98. The molecule has 0 bridgehead atoms. The van der Waals surface area contributed by atoms with E-state index in [1.54, 1.807) is 24.3 Å². The second-order valence-electron chi connectivity index (χ2n) is 7.24. The van der Waals surface area contributed by atoms with Crippen LogP contribution in [-0.2, 0) is 10.0 Å². The molecule has 0 radical (unpaired) electrons. The third-order valence-corrected chi connectivity index (χ3v) is 6.63. The number of benzene rings is 3. The molecule has 0 aliphatic heterocycles. The maximum atomic E-state index is 13.2. The monoisotopic (exact) mass is 418 g/mol. The van der Waals surface area contributed by atoms with E-state index in [-0.39, 0.29) is 10.9 Å². The van der Waals surface area contributed by atoms with E-state index < -0.39 is 15.9 Å². The van der Waals surface area contributed by atoms with Crippen molar-refractivity contribution >= 4 is 26.8 Å². The number of sulfonamides is 1. The van der Waals surface area contributed by atoms with Crippen molar-refractivity contribution in [2.24, 2.45) is 0 Å². The van der Waals surface area contributed by atoms with Crippen LogP contribution in [0.5, 0.6) is 0 Å². The van der Waals surface area contributed by atoms with Gasteiger partial charge in [0.1, 0.15) is 5.69 Å². The number of rotatable bonds is 5. The molecule has 4 aromatic rings. The Hall–Kier alpha value is -3.38. The number of carbonyl (C=O) groups excluding carboxylic acids is 1. The van der Waals surface area contributed by atoms with Gasteiger partial charge in [-0.25, -0.2) is 13.1 Å². The predicted molar refractivity (Wildman–Crippen MR) is 118 cm³/mol. The summed E-state index contributed by atoms with van der Waals surface area (Å²) >= 11 is 0. The second-order valence-corrected chi connectivity index (χ2v) is 8.92. The normalized spacial score (nSPS) is 12.6. The number of hydrogen-bond acceptors (Lipinski definition) is 3. The molecule has 30 heavy (non-hydrogen) atoms. The highest BCUT2D eigenvalue weighted by molar-refractivity contribution is 7.90. The third kappa shape index (κ3) is 3.62. The zero-order valence-electron chi connectivity index (χ0n) is 16.7. The van der Waals surface area contributed by atoms with E-state index in [9.17, 15) is 13.2 Å². The number of hydrogen-bond donors (Lipinski definition) is 1. The fourth-order valence-corrected chi connectivity index (χ4v) is 4.69. The standard InChI is InChI=1S/C24H22N2O3S/c1-17-10-9-15-22-21(17)16-23(26(22)18(2)19-11-5-3-6-12-19)24(27)25-30(28,29)20-13-7-4-8-14-20/h3-16,18H,1-2H3,(H,25,27). The summed E-state index contributed by atoms with van der Waals surface area (Å²) in [5.74, 6) is -0.655. The van der Waals surface area contributed by atoms with Gasteiger partial charge in [0, 0.05) is 10.9 Å². The van der Waals surface area contributed by atoms with E-state index >= 15 is 0 Å². The van der Waals surface area contributed by atoms with E-state index in [1.165, 1.54) is 12.1 Å². The van der Waals surface area contributed by atoms with Crippen LogP contribution in [0.4, 0.5) is 0 Å². The quantitative estimate of drug-likeness (QED) is 0.512. The smallest absolute Gasteiger partial charge is 0.281 e. The molecule has 1 N–H and O–H groups in total. The SMILES string of the molecule is Cc1cccc2c1cc(C(=O)NS(=O)(=O)c1ccccc1)n2C(C)c1ccccc1. The summed E-state index contributed by atoms with van der Waals surface area (Å²) in [6.45, 7) is 3.97. The lowest BCUT2D eigenvalue weighted by Gasteiger charge is -2.19. The Labute approximate surface area is 176 Å². The molecule has 0 spiro atoms. The second kappa shape index (κ2) is 7.80. The van der Waals surface area contributed by atoms with Crippen molar-refractivity contribution in [1.29, 1.82) is 0 Å². The van der Waals surface area contributed by atoms with Crippen molar-refractivity contribution in [3.63, 3.8) is 0 Å². The van der Waals surface area contributed by atoms with Gasteiger partial charge in [0.25, 0.3) is 15.9 Å². The van der Waals surface area contributed by atoms with Crippen molar-refractivity contribution < 1.29 is 13.2 Å². The third-order valence-electron chi connectivity index (χ3n) is 5.28. The van der Waals surface area contributed by atoms with Crippen LogP contribution in [0.15, 0.2) is 89.8 Å². The number of carbonyl (C=O) groups is 1. The molecule has 5 nitrogen and oxygen atoms in total. The van der Waals surface area contributed by atoms with Gasteiger partial charge in [-0.1, -0.05) is 60.7 Å². The number of amides is 1. The topological polar surface area (TPSA) is 68.2 Å².